The maximum atomic E-state index is 10.4. The Labute approximate surface area is 86.2 Å². The van der Waals surface area contributed by atoms with Crippen LogP contribution in [0.25, 0.3) is 0 Å². The zero-order valence-corrected chi connectivity index (χ0v) is 8.36. The van der Waals surface area contributed by atoms with Crippen molar-refractivity contribution in [3.63, 3.8) is 0 Å². The monoisotopic (exact) mass is 222 g/mol. The molecule has 4 atom stereocenters. The molecule has 3 N–H and O–H groups in total. The average molecular weight is 222 g/mol. The van der Waals surface area contributed by atoms with E-state index in [0.29, 0.717) is 0 Å². The Morgan fingerprint density at radius 2 is 1.80 bits per heavy atom. The van der Waals surface area contributed by atoms with Crippen LogP contribution in [0.1, 0.15) is 13.8 Å². The van der Waals surface area contributed by atoms with Gasteiger partial charge in [-0.3, -0.25) is 4.89 Å². The van der Waals surface area contributed by atoms with E-state index < -0.39 is 30.4 Å². The fraction of sp³-hybridized carbons (Fsp3) is 0.750. The van der Waals surface area contributed by atoms with Crippen molar-refractivity contribution in [2.45, 2.75) is 38.3 Å². The van der Waals surface area contributed by atoms with Crippen molar-refractivity contribution in [3.05, 3.63) is 0 Å². The Kier molecular flexibility index (Phi) is 6.02. The van der Waals surface area contributed by atoms with Crippen LogP contribution in [0.4, 0.5) is 0 Å². The first-order chi connectivity index (χ1) is 6.90. The second kappa shape index (κ2) is 6.46. The van der Waals surface area contributed by atoms with Gasteiger partial charge in [-0.15, -0.1) is 0 Å². The number of hydrogen-bond donors (Lipinski definition) is 3. The van der Waals surface area contributed by atoms with Crippen molar-refractivity contribution >= 4 is 12.3 Å². The second-order valence-electron chi connectivity index (χ2n) is 2.99. The molecule has 0 rings (SSSR count). The highest BCUT2D eigenvalue weighted by molar-refractivity contribution is 5.65. The van der Waals surface area contributed by atoms with Crippen LogP contribution in [-0.4, -0.2) is 52.0 Å². The molecule has 0 heterocycles. The van der Waals surface area contributed by atoms with Crippen LogP contribution in [0.5, 0.6) is 0 Å². The van der Waals surface area contributed by atoms with Gasteiger partial charge in [-0.2, -0.15) is 4.89 Å². The summed E-state index contributed by atoms with van der Waals surface area (Å²) in [5.41, 5.74) is 0. The number of rotatable bonds is 6. The third kappa shape index (κ3) is 4.84. The fourth-order valence-corrected chi connectivity index (χ4v) is 0.763. The van der Waals surface area contributed by atoms with Gasteiger partial charge in [0.15, 0.2) is 12.4 Å². The predicted molar refractivity (Wildman–Crippen MR) is 46.4 cm³/mol. The first-order valence-electron chi connectivity index (χ1n) is 4.23. The van der Waals surface area contributed by atoms with Crippen molar-refractivity contribution in [3.8, 4) is 0 Å². The summed E-state index contributed by atoms with van der Waals surface area (Å²) >= 11 is 0. The number of aliphatic hydroxyl groups excluding tert-OH is 3. The van der Waals surface area contributed by atoms with Gasteiger partial charge < -0.3 is 20.1 Å². The minimum absolute atomic E-state index is 0.152. The molecule has 0 saturated carbocycles. The molecule has 0 bridgehead atoms. The molecule has 0 aromatic carbocycles. The topological polar surface area (TPSA) is 113 Å². The largest absolute Gasteiger partial charge is 0.391 e. The van der Waals surface area contributed by atoms with Crippen molar-refractivity contribution < 1.29 is 34.7 Å². The summed E-state index contributed by atoms with van der Waals surface area (Å²) in [5, 5.41) is 27.4. The molecule has 0 fully saturated rings. The van der Waals surface area contributed by atoms with Crippen molar-refractivity contribution in [2.75, 3.05) is 0 Å². The lowest BCUT2D eigenvalue weighted by atomic mass is 10.1. The molecule has 0 saturated heterocycles. The molecule has 88 valence electrons. The minimum atomic E-state index is -1.68. The van der Waals surface area contributed by atoms with E-state index in [1.165, 1.54) is 6.92 Å². The standard InChI is InChI=1S/C8H14O7/c1-4(10)7(12)8(13)6(3-9)15-14-5(2)11/h3-4,6-8,10,12-13H,1-2H3/t4-,6+,7+,8-/m0/s1. The number of hydrogen-bond acceptors (Lipinski definition) is 7. The van der Waals surface area contributed by atoms with E-state index in [4.69, 9.17) is 5.11 Å². The molecule has 0 aromatic heterocycles. The van der Waals surface area contributed by atoms with E-state index >= 15 is 0 Å². The third-order valence-electron chi connectivity index (χ3n) is 1.59. The molecule has 0 amide bonds. The third-order valence-corrected chi connectivity index (χ3v) is 1.59. The van der Waals surface area contributed by atoms with Crippen molar-refractivity contribution in [1.82, 2.24) is 0 Å². The molecule has 0 aliphatic carbocycles. The molecular formula is C8H14O7. The molecule has 0 aliphatic heterocycles. The van der Waals surface area contributed by atoms with Gasteiger partial charge in [-0.1, -0.05) is 0 Å². The predicted octanol–water partition coefficient (Wildman–Crippen LogP) is -1.85. The van der Waals surface area contributed by atoms with Crippen LogP contribution < -0.4 is 0 Å². The summed E-state index contributed by atoms with van der Waals surface area (Å²) in [6.45, 7) is 2.26. The zero-order valence-electron chi connectivity index (χ0n) is 8.36. The van der Waals surface area contributed by atoms with Gasteiger partial charge in [0.05, 0.1) is 6.10 Å². The Hall–Kier alpha value is -1.02. The van der Waals surface area contributed by atoms with Gasteiger partial charge in [0, 0.05) is 6.92 Å². The van der Waals surface area contributed by atoms with E-state index in [2.05, 4.69) is 9.78 Å². The Morgan fingerprint density at radius 3 is 2.13 bits per heavy atom. The second-order valence-corrected chi connectivity index (χ2v) is 2.99. The molecule has 7 nitrogen and oxygen atoms in total. The van der Waals surface area contributed by atoms with E-state index in [1.54, 1.807) is 0 Å². The summed E-state index contributed by atoms with van der Waals surface area (Å²) in [6, 6.07) is 0. The van der Waals surface area contributed by atoms with Crippen molar-refractivity contribution in [2.24, 2.45) is 0 Å². The van der Waals surface area contributed by atoms with E-state index in [-0.39, 0.29) is 6.29 Å². The Bertz CT molecular complexity index is 215. The molecule has 0 aromatic rings. The molecule has 7 heteroatoms. The lowest BCUT2D eigenvalue weighted by Crippen LogP contribution is -2.45. The first-order valence-corrected chi connectivity index (χ1v) is 4.23. The van der Waals surface area contributed by atoms with Gasteiger partial charge in [0.1, 0.15) is 12.2 Å². The number of carbonyl (C=O) groups is 2. The van der Waals surface area contributed by atoms with Gasteiger partial charge in [0.25, 0.3) is 0 Å². The average Bonchev–Trinajstić information content (AvgIpc) is 2.16. The lowest BCUT2D eigenvalue weighted by Gasteiger charge is -2.23. The summed E-state index contributed by atoms with van der Waals surface area (Å²) in [5.74, 6) is -0.805. The zero-order chi connectivity index (χ0) is 12.0. The number of carbonyl (C=O) groups excluding carboxylic acids is 2. The molecule has 0 spiro atoms. The summed E-state index contributed by atoms with van der Waals surface area (Å²) in [4.78, 5) is 29.0. The van der Waals surface area contributed by atoms with Crippen molar-refractivity contribution in [1.29, 1.82) is 0 Å². The van der Waals surface area contributed by atoms with Gasteiger partial charge >= 0.3 is 5.97 Å². The van der Waals surface area contributed by atoms with Crippen LogP contribution in [0, 0.1) is 0 Å². The maximum Gasteiger partial charge on any atom is 0.339 e. The van der Waals surface area contributed by atoms with Gasteiger partial charge in [-0.05, 0) is 6.92 Å². The molecule has 15 heavy (non-hydrogen) atoms. The highest BCUT2D eigenvalue weighted by Crippen LogP contribution is 2.07. The smallest absolute Gasteiger partial charge is 0.339 e. The minimum Gasteiger partial charge on any atom is -0.391 e. The van der Waals surface area contributed by atoms with Crippen LogP contribution in [0.15, 0.2) is 0 Å². The van der Waals surface area contributed by atoms with Crippen LogP contribution >= 0.6 is 0 Å². The Balaban J connectivity index is 4.26. The maximum absolute atomic E-state index is 10.4. The summed E-state index contributed by atoms with van der Waals surface area (Å²) < 4.78 is 0. The van der Waals surface area contributed by atoms with E-state index in [9.17, 15) is 19.8 Å². The van der Waals surface area contributed by atoms with Gasteiger partial charge in [-0.25, -0.2) is 4.79 Å². The molecule has 0 unspecified atom stereocenters. The van der Waals surface area contributed by atoms with Gasteiger partial charge in [0.2, 0.25) is 0 Å². The summed E-state index contributed by atoms with van der Waals surface area (Å²) in [7, 11) is 0. The normalized spacial score (nSPS) is 18.7. The van der Waals surface area contributed by atoms with Crippen LogP contribution in [-0.2, 0) is 19.4 Å². The highest BCUT2D eigenvalue weighted by Gasteiger charge is 2.31. The van der Waals surface area contributed by atoms with Crippen LogP contribution in [0.2, 0.25) is 0 Å². The lowest BCUT2D eigenvalue weighted by molar-refractivity contribution is -0.305. The summed E-state index contributed by atoms with van der Waals surface area (Å²) in [6.07, 6.45) is -5.89. The van der Waals surface area contributed by atoms with Crippen LogP contribution in [0.3, 0.4) is 0 Å². The number of aliphatic hydroxyl groups is 3. The highest BCUT2D eigenvalue weighted by atomic mass is 17.2. The van der Waals surface area contributed by atoms with E-state index in [0.717, 1.165) is 6.92 Å². The molecule has 0 radical (unpaired) electrons. The Morgan fingerprint density at radius 1 is 1.27 bits per heavy atom. The van der Waals surface area contributed by atoms with E-state index in [1.807, 2.05) is 0 Å². The quantitative estimate of drug-likeness (QED) is 0.274. The molecule has 0 aliphatic rings. The fourth-order valence-electron chi connectivity index (χ4n) is 0.763. The molecular weight excluding hydrogens is 208 g/mol. The first kappa shape index (κ1) is 14.0. The SMILES string of the molecule is CC(=O)OO[C@H](C=O)[C@H](O)[C@H](O)[C@H](C)O. The number of aldehydes is 1.